The van der Waals surface area contributed by atoms with Crippen LogP contribution in [0.4, 0.5) is 0 Å². The molecule has 1 heterocycles. The second-order valence-electron chi connectivity index (χ2n) is 2.93. The minimum Gasteiger partial charge on any atom is -0.463 e. The highest BCUT2D eigenvalue weighted by atomic mass is 16.3. The summed E-state index contributed by atoms with van der Waals surface area (Å²) in [6.45, 7) is 0.871. The van der Waals surface area contributed by atoms with E-state index >= 15 is 0 Å². The van der Waals surface area contributed by atoms with E-state index in [1.165, 1.54) is 4.90 Å². The number of hydrogen-bond donors (Lipinski definition) is 2. The minimum absolute atomic E-state index is 0.394. The highest BCUT2D eigenvalue weighted by Crippen LogP contribution is 2.06. The van der Waals surface area contributed by atoms with Gasteiger partial charge in [0.1, 0.15) is 6.54 Å². The first-order valence-corrected chi connectivity index (χ1v) is 3.88. The van der Waals surface area contributed by atoms with Gasteiger partial charge in [0, 0.05) is 0 Å². The fourth-order valence-corrected chi connectivity index (χ4v) is 1.20. The van der Waals surface area contributed by atoms with E-state index in [2.05, 4.69) is 19.8 Å². The van der Waals surface area contributed by atoms with Crippen molar-refractivity contribution in [2.75, 3.05) is 20.6 Å². The van der Waals surface area contributed by atoms with Gasteiger partial charge in [-0.05, 0) is 12.1 Å². The van der Waals surface area contributed by atoms with Crippen molar-refractivity contribution in [2.45, 2.75) is 6.04 Å². The van der Waals surface area contributed by atoms with Crippen molar-refractivity contribution in [1.29, 1.82) is 0 Å². The number of quaternary nitrogens is 2. The number of likely N-dealkylation sites (N-methyl/N-ethyl adjacent to an activating group) is 1. The van der Waals surface area contributed by atoms with Crippen molar-refractivity contribution < 1.29 is 15.1 Å². The van der Waals surface area contributed by atoms with Crippen LogP contribution >= 0.6 is 0 Å². The zero-order valence-electron chi connectivity index (χ0n) is 7.13. The molecule has 1 rings (SSSR count). The molecule has 0 aliphatic carbocycles. The van der Waals surface area contributed by atoms with Crippen LogP contribution in [-0.4, -0.2) is 20.6 Å². The average molecular weight is 156 g/mol. The van der Waals surface area contributed by atoms with Crippen LogP contribution < -0.4 is 10.6 Å². The number of rotatable bonds is 3. The molecule has 0 fully saturated rings. The van der Waals surface area contributed by atoms with Gasteiger partial charge < -0.3 is 15.1 Å². The van der Waals surface area contributed by atoms with E-state index in [4.69, 9.17) is 4.42 Å². The zero-order valence-corrected chi connectivity index (χ0v) is 7.13. The van der Waals surface area contributed by atoms with Gasteiger partial charge in [0.05, 0.1) is 20.4 Å². The minimum atomic E-state index is 0.394. The van der Waals surface area contributed by atoms with Crippen molar-refractivity contribution in [3.8, 4) is 0 Å². The lowest BCUT2D eigenvalue weighted by molar-refractivity contribution is -0.900. The summed E-state index contributed by atoms with van der Waals surface area (Å²) in [6.07, 6.45) is 1.71. The smallest absolute Gasteiger partial charge is 0.195 e. The van der Waals surface area contributed by atoms with Crippen LogP contribution in [0.15, 0.2) is 22.8 Å². The van der Waals surface area contributed by atoms with Gasteiger partial charge in [-0.15, -0.1) is 0 Å². The highest BCUT2D eigenvalue weighted by Gasteiger charge is 2.19. The topological polar surface area (TPSA) is 45.2 Å². The maximum atomic E-state index is 5.29. The van der Waals surface area contributed by atoms with E-state index in [0.29, 0.717) is 6.04 Å². The molecule has 0 unspecified atom stereocenters. The Morgan fingerprint density at radius 2 is 2.36 bits per heavy atom. The van der Waals surface area contributed by atoms with E-state index < -0.39 is 0 Å². The van der Waals surface area contributed by atoms with Gasteiger partial charge in [-0.25, -0.2) is 0 Å². The van der Waals surface area contributed by atoms with Gasteiger partial charge in [-0.2, -0.15) is 0 Å². The molecule has 3 heteroatoms. The Balaban J connectivity index is 2.71. The maximum Gasteiger partial charge on any atom is 0.195 e. The lowest BCUT2D eigenvalue weighted by Crippen LogP contribution is -3.07. The summed E-state index contributed by atoms with van der Waals surface area (Å²) in [7, 11) is 4.22. The summed E-state index contributed by atoms with van der Waals surface area (Å²) in [5, 5.41) is 0. The van der Waals surface area contributed by atoms with Crippen LogP contribution in [-0.2, 0) is 0 Å². The molecular formula is C8H16N2O+2. The van der Waals surface area contributed by atoms with E-state index in [1.807, 2.05) is 12.1 Å². The molecule has 0 radical (unpaired) electrons. The summed E-state index contributed by atoms with van der Waals surface area (Å²) >= 11 is 0. The molecule has 1 atom stereocenters. The van der Waals surface area contributed by atoms with Gasteiger partial charge >= 0.3 is 0 Å². The molecule has 3 nitrogen and oxygen atoms in total. The van der Waals surface area contributed by atoms with Gasteiger partial charge in [0.25, 0.3) is 0 Å². The summed E-state index contributed by atoms with van der Waals surface area (Å²) in [6, 6.07) is 4.31. The van der Waals surface area contributed by atoms with Crippen molar-refractivity contribution >= 4 is 0 Å². The monoisotopic (exact) mass is 156 g/mol. The SMILES string of the molecule is C[NH+](C)[C@@H](C[NH3+])c1ccco1. The Morgan fingerprint density at radius 3 is 2.73 bits per heavy atom. The van der Waals surface area contributed by atoms with E-state index in [0.717, 1.165) is 12.3 Å². The second kappa shape index (κ2) is 3.55. The molecule has 1 aromatic rings. The fourth-order valence-electron chi connectivity index (χ4n) is 1.20. The van der Waals surface area contributed by atoms with Gasteiger partial charge in [0.2, 0.25) is 0 Å². The van der Waals surface area contributed by atoms with Crippen molar-refractivity contribution in [3.05, 3.63) is 24.2 Å². The summed E-state index contributed by atoms with van der Waals surface area (Å²) in [4.78, 5) is 1.36. The Hall–Kier alpha value is -0.800. The molecule has 0 spiro atoms. The Kier molecular flexibility index (Phi) is 2.68. The predicted octanol–water partition coefficient (Wildman–Crippen LogP) is -1.29. The zero-order chi connectivity index (χ0) is 8.27. The maximum absolute atomic E-state index is 5.29. The normalized spacial score (nSPS) is 13.8. The Labute approximate surface area is 66.8 Å². The number of hydrogen-bond acceptors (Lipinski definition) is 1. The van der Waals surface area contributed by atoms with Crippen molar-refractivity contribution in [2.24, 2.45) is 0 Å². The quantitative estimate of drug-likeness (QED) is 0.562. The molecule has 0 saturated carbocycles. The third-order valence-electron chi connectivity index (χ3n) is 1.87. The third kappa shape index (κ3) is 1.82. The van der Waals surface area contributed by atoms with Crippen LogP contribution in [0, 0.1) is 0 Å². The molecule has 0 aliphatic rings. The van der Waals surface area contributed by atoms with E-state index in [-0.39, 0.29) is 0 Å². The van der Waals surface area contributed by atoms with Crippen LogP contribution in [0.5, 0.6) is 0 Å². The van der Waals surface area contributed by atoms with Gasteiger partial charge in [-0.3, -0.25) is 0 Å². The molecule has 0 aliphatic heterocycles. The number of furan rings is 1. The van der Waals surface area contributed by atoms with Crippen LogP contribution in [0.2, 0.25) is 0 Å². The van der Waals surface area contributed by atoms with Crippen LogP contribution in [0.3, 0.4) is 0 Å². The lowest BCUT2D eigenvalue weighted by Gasteiger charge is -2.14. The fraction of sp³-hybridized carbons (Fsp3) is 0.500. The first-order chi connectivity index (χ1) is 5.25. The molecular weight excluding hydrogens is 140 g/mol. The number of nitrogens with one attached hydrogen (secondary N) is 1. The van der Waals surface area contributed by atoms with E-state index in [9.17, 15) is 0 Å². The third-order valence-corrected chi connectivity index (χ3v) is 1.87. The highest BCUT2D eigenvalue weighted by molar-refractivity contribution is 5.01. The Bertz CT molecular complexity index is 194. The molecule has 1 aromatic heterocycles. The standard InChI is InChI=1S/C8H14N2O/c1-10(2)7(6-9)8-4-3-5-11-8/h3-5,7H,6,9H2,1-2H3/p+2/t7-/m0/s1. The summed E-state index contributed by atoms with van der Waals surface area (Å²) < 4.78 is 5.29. The van der Waals surface area contributed by atoms with Crippen molar-refractivity contribution in [3.63, 3.8) is 0 Å². The van der Waals surface area contributed by atoms with E-state index in [1.54, 1.807) is 6.26 Å². The largest absolute Gasteiger partial charge is 0.463 e. The van der Waals surface area contributed by atoms with Crippen LogP contribution in [0.25, 0.3) is 0 Å². The van der Waals surface area contributed by atoms with Gasteiger partial charge in [0.15, 0.2) is 11.8 Å². The molecule has 0 amide bonds. The molecule has 4 N–H and O–H groups in total. The molecule has 11 heavy (non-hydrogen) atoms. The molecule has 62 valence electrons. The summed E-state index contributed by atoms with van der Waals surface area (Å²) in [5.74, 6) is 1.03. The predicted molar refractivity (Wildman–Crippen MR) is 42.0 cm³/mol. The average Bonchev–Trinajstić information content (AvgIpc) is 2.40. The van der Waals surface area contributed by atoms with Gasteiger partial charge in [-0.1, -0.05) is 0 Å². The van der Waals surface area contributed by atoms with Crippen LogP contribution in [0.1, 0.15) is 11.8 Å². The lowest BCUT2D eigenvalue weighted by atomic mass is 10.2. The molecule has 0 aromatic carbocycles. The Morgan fingerprint density at radius 1 is 1.64 bits per heavy atom. The van der Waals surface area contributed by atoms with Crippen molar-refractivity contribution in [1.82, 2.24) is 0 Å². The molecule has 0 bridgehead atoms. The second-order valence-corrected chi connectivity index (χ2v) is 2.93. The first kappa shape index (κ1) is 8.30. The first-order valence-electron chi connectivity index (χ1n) is 3.88. The summed E-state index contributed by atoms with van der Waals surface area (Å²) in [5.41, 5.74) is 3.88. The molecule has 0 saturated heterocycles.